The van der Waals surface area contributed by atoms with Crippen LogP contribution in [0.15, 0.2) is 0 Å². The zero-order valence-corrected chi connectivity index (χ0v) is 9.71. The normalized spacial score (nSPS) is 18.4. The monoisotopic (exact) mass is 198 g/mol. The van der Waals surface area contributed by atoms with Gasteiger partial charge in [0.1, 0.15) is 0 Å². The highest BCUT2D eigenvalue weighted by Crippen LogP contribution is 2.21. The van der Waals surface area contributed by atoms with Crippen LogP contribution in [0.25, 0.3) is 0 Å². The summed E-state index contributed by atoms with van der Waals surface area (Å²) in [4.78, 5) is 13.5. The number of hydrogen-bond acceptors (Lipinski definition) is 2. The van der Waals surface area contributed by atoms with Crippen molar-refractivity contribution >= 4 is 5.91 Å². The Labute approximate surface area is 86.9 Å². The average Bonchev–Trinajstić information content (AvgIpc) is 2.84. The van der Waals surface area contributed by atoms with Crippen LogP contribution in [0, 0.1) is 5.92 Å². The SMILES string of the molecule is CC(C)CC(NC1CC1)C(=O)N(C)C. The first kappa shape index (κ1) is 11.5. The fraction of sp³-hybridized carbons (Fsp3) is 0.909. The van der Waals surface area contributed by atoms with Crippen LogP contribution in [0.4, 0.5) is 0 Å². The van der Waals surface area contributed by atoms with Crippen molar-refractivity contribution in [2.75, 3.05) is 14.1 Å². The molecule has 3 nitrogen and oxygen atoms in total. The molecule has 1 aliphatic rings. The average molecular weight is 198 g/mol. The van der Waals surface area contributed by atoms with Gasteiger partial charge in [-0.3, -0.25) is 4.79 Å². The van der Waals surface area contributed by atoms with Gasteiger partial charge in [0.2, 0.25) is 5.91 Å². The van der Waals surface area contributed by atoms with Crippen molar-refractivity contribution < 1.29 is 4.79 Å². The lowest BCUT2D eigenvalue weighted by Crippen LogP contribution is -2.45. The van der Waals surface area contributed by atoms with Crippen LogP contribution < -0.4 is 5.32 Å². The molecule has 0 aromatic carbocycles. The first-order valence-electron chi connectivity index (χ1n) is 5.48. The molecule has 0 spiro atoms. The van der Waals surface area contributed by atoms with Gasteiger partial charge in [0.05, 0.1) is 6.04 Å². The van der Waals surface area contributed by atoms with Crippen molar-refractivity contribution in [1.82, 2.24) is 10.2 Å². The van der Waals surface area contributed by atoms with Crippen molar-refractivity contribution in [2.45, 2.75) is 45.2 Å². The third-order valence-electron chi connectivity index (χ3n) is 2.46. The van der Waals surface area contributed by atoms with E-state index in [1.807, 2.05) is 14.1 Å². The Morgan fingerprint density at radius 2 is 2.00 bits per heavy atom. The van der Waals surface area contributed by atoms with E-state index in [2.05, 4.69) is 19.2 Å². The molecule has 1 fully saturated rings. The summed E-state index contributed by atoms with van der Waals surface area (Å²) in [7, 11) is 3.65. The van der Waals surface area contributed by atoms with Gasteiger partial charge < -0.3 is 10.2 Å². The van der Waals surface area contributed by atoms with Gasteiger partial charge in [-0.05, 0) is 25.2 Å². The Hall–Kier alpha value is -0.570. The molecule has 0 aromatic rings. The van der Waals surface area contributed by atoms with Gasteiger partial charge in [0.15, 0.2) is 0 Å². The molecule has 0 aromatic heterocycles. The number of nitrogens with one attached hydrogen (secondary N) is 1. The Bertz CT molecular complexity index is 193. The molecule has 1 saturated carbocycles. The number of rotatable bonds is 5. The van der Waals surface area contributed by atoms with Gasteiger partial charge in [-0.25, -0.2) is 0 Å². The van der Waals surface area contributed by atoms with Crippen molar-refractivity contribution in [1.29, 1.82) is 0 Å². The fourth-order valence-corrected chi connectivity index (χ4v) is 1.56. The number of nitrogens with zero attached hydrogens (tertiary/aromatic N) is 1. The number of hydrogen-bond donors (Lipinski definition) is 1. The summed E-state index contributed by atoms with van der Waals surface area (Å²) in [5.74, 6) is 0.778. The van der Waals surface area contributed by atoms with Crippen LogP contribution in [0.1, 0.15) is 33.1 Å². The lowest BCUT2D eigenvalue weighted by molar-refractivity contribution is -0.131. The summed E-state index contributed by atoms with van der Waals surface area (Å²) >= 11 is 0. The van der Waals surface area contributed by atoms with Gasteiger partial charge in [0.25, 0.3) is 0 Å². The molecule has 1 atom stereocenters. The molecular formula is C11H22N2O. The van der Waals surface area contributed by atoms with E-state index in [9.17, 15) is 4.79 Å². The highest BCUT2D eigenvalue weighted by atomic mass is 16.2. The first-order valence-corrected chi connectivity index (χ1v) is 5.48. The van der Waals surface area contributed by atoms with Crippen LogP contribution in [-0.4, -0.2) is 37.0 Å². The minimum Gasteiger partial charge on any atom is -0.347 e. The first-order chi connectivity index (χ1) is 6.50. The summed E-state index contributed by atoms with van der Waals surface area (Å²) in [6.07, 6.45) is 3.40. The second kappa shape index (κ2) is 4.78. The minimum absolute atomic E-state index is 0.0255. The Kier molecular flexibility index (Phi) is 3.93. The predicted molar refractivity (Wildman–Crippen MR) is 58.1 cm³/mol. The van der Waals surface area contributed by atoms with Gasteiger partial charge in [-0.1, -0.05) is 13.8 Å². The Morgan fingerprint density at radius 3 is 2.36 bits per heavy atom. The van der Waals surface area contributed by atoms with E-state index in [-0.39, 0.29) is 11.9 Å². The number of amides is 1. The van der Waals surface area contributed by atoms with Crippen molar-refractivity contribution in [3.05, 3.63) is 0 Å². The topological polar surface area (TPSA) is 32.3 Å². The molecule has 3 heteroatoms. The highest BCUT2D eigenvalue weighted by molar-refractivity contribution is 5.81. The molecule has 0 heterocycles. The molecular weight excluding hydrogens is 176 g/mol. The summed E-state index contributed by atoms with van der Waals surface area (Å²) in [5.41, 5.74) is 0. The fourth-order valence-electron chi connectivity index (χ4n) is 1.56. The van der Waals surface area contributed by atoms with E-state index in [4.69, 9.17) is 0 Å². The maximum Gasteiger partial charge on any atom is 0.239 e. The number of carbonyl (C=O) groups excluding carboxylic acids is 1. The number of likely N-dealkylation sites (N-methyl/N-ethyl adjacent to an activating group) is 1. The molecule has 14 heavy (non-hydrogen) atoms. The smallest absolute Gasteiger partial charge is 0.239 e. The van der Waals surface area contributed by atoms with Crippen LogP contribution in [-0.2, 0) is 4.79 Å². The third-order valence-corrected chi connectivity index (χ3v) is 2.46. The lowest BCUT2D eigenvalue weighted by atomic mass is 10.0. The summed E-state index contributed by atoms with van der Waals surface area (Å²) in [5, 5.41) is 3.41. The van der Waals surface area contributed by atoms with Crippen molar-refractivity contribution in [3.8, 4) is 0 Å². The Morgan fingerprint density at radius 1 is 1.43 bits per heavy atom. The maximum atomic E-state index is 11.8. The summed E-state index contributed by atoms with van der Waals surface area (Å²) in [6, 6.07) is 0.625. The van der Waals surface area contributed by atoms with E-state index in [1.54, 1.807) is 4.90 Å². The number of carbonyl (C=O) groups is 1. The molecule has 0 aliphatic heterocycles. The quantitative estimate of drug-likeness (QED) is 0.721. The molecule has 1 aliphatic carbocycles. The maximum absolute atomic E-state index is 11.8. The van der Waals surface area contributed by atoms with Crippen molar-refractivity contribution in [2.24, 2.45) is 5.92 Å². The molecule has 0 saturated heterocycles. The minimum atomic E-state index is 0.0255. The summed E-state index contributed by atoms with van der Waals surface area (Å²) in [6.45, 7) is 4.31. The van der Waals surface area contributed by atoms with Crippen LogP contribution in [0.5, 0.6) is 0 Å². The molecule has 1 unspecified atom stereocenters. The predicted octanol–water partition coefficient (Wildman–Crippen LogP) is 1.24. The van der Waals surface area contributed by atoms with Crippen LogP contribution in [0.2, 0.25) is 0 Å². The van der Waals surface area contributed by atoms with E-state index in [0.29, 0.717) is 12.0 Å². The summed E-state index contributed by atoms with van der Waals surface area (Å²) < 4.78 is 0. The zero-order valence-electron chi connectivity index (χ0n) is 9.71. The molecule has 82 valence electrons. The lowest BCUT2D eigenvalue weighted by Gasteiger charge is -2.23. The van der Waals surface area contributed by atoms with Crippen LogP contribution >= 0.6 is 0 Å². The van der Waals surface area contributed by atoms with Crippen molar-refractivity contribution in [3.63, 3.8) is 0 Å². The van der Waals surface area contributed by atoms with Crippen LogP contribution in [0.3, 0.4) is 0 Å². The molecule has 1 N–H and O–H groups in total. The van der Waals surface area contributed by atoms with E-state index < -0.39 is 0 Å². The molecule has 0 radical (unpaired) electrons. The Balaban J connectivity index is 2.45. The standard InChI is InChI=1S/C11H22N2O/c1-8(2)7-10(11(14)13(3)4)12-9-5-6-9/h8-10,12H,5-7H2,1-4H3. The molecule has 0 bridgehead atoms. The van der Waals surface area contributed by atoms with Gasteiger partial charge in [-0.2, -0.15) is 0 Å². The zero-order chi connectivity index (χ0) is 10.7. The van der Waals surface area contributed by atoms with E-state index >= 15 is 0 Å². The molecule has 1 amide bonds. The van der Waals surface area contributed by atoms with E-state index in [0.717, 1.165) is 6.42 Å². The molecule has 1 rings (SSSR count). The largest absolute Gasteiger partial charge is 0.347 e. The third kappa shape index (κ3) is 3.66. The van der Waals surface area contributed by atoms with Gasteiger partial charge >= 0.3 is 0 Å². The van der Waals surface area contributed by atoms with Gasteiger partial charge in [-0.15, -0.1) is 0 Å². The second-order valence-corrected chi connectivity index (χ2v) is 4.86. The van der Waals surface area contributed by atoms with E-state index in [1.165, 1.54) is 12.8 Å². The van der Waals surface area contributed by atoms with Gasteiger partial charge in [0, 0.05) is 20.1 Å². The second-order valence-electron chi connectivity index (χ2n) is 4.86. The highest BCUT2D eigenvalue weighted by Gasteiger charge is 2.29.